The molecule has 1 heterocycles. The summed E-state index contributed by atoms with van der Waals surface area (Å²) in [5.41, 5.74) is 9.18. The number of oxazole rings is 1. The van der Waals surface area contributed by atoms with Gasteiger partial charge in [-0.1, -0.05) is 72.8 Å². The minimum Gasteiger partial charge on any atom is -0.507 e. The molecule has 0 aliphatic carbocycles. The minimum absolute atomic E-state index is 0.229. The van der Waals surface area contributed by atoms with Crippen molar-refractivity contribution in [2.45, 2.75) is 27.7 Å². The maximum atomic E-state index is 11.5. The number of aromatic nitrogens is 1. The predicted octanol–water partition coefficient (Wildman–Crippen LogP) is 10.4. The van der Waals surface area contributed by atoms with Crippen LogP contribution in [0.4, 0.5) is 11.4 Å². The van der Waals surface area contributed by atoms with E-state index in [-0.39, 0.29) is 5.75 Å². The lowest BCUT2D eigenvalue weighted by atomic mass is 9.94. The van der Waals surface area contributed by atoms with Gasteiger partial charge >= 0.3 is 0 Å². The first-order valence-electron chi connectivity index (χ1n) is 16.2. The Morgan fingerprint density at radius 1 is 0.522 bits per heavy atom. The predicted molar refractivity (Wildman–Crippen MR) is 192 cm³/mol. The third kappa shape index (κ3) is 6.14. The van der Waals surface area contributed by atoms with E-state index in [1.54, 1.807) is 0 Å². The highest BCUT2D eigenvalue weighted by Crippen LogP contribution is 2.44. The summed E-state index contributed by atoms with van der Waals surface area (Å²) in [4.78, 5) is 9.82. The molecule has 0 unspecified atom stereocenters. The highest BCUT2D eigenvalue weighted by molar-refractivity contribution is 5.88. The summed E-state index contributed by atoms with van der Waals surface area (Å²) in [5, 5.41) is 11.5. The number of benzene rings is 5. The Morgan fingerprint density at radius 3 is 1.39 bits per heavy atom. The molecule has 0 fully saturated rings. The van der Waals surface area contributed by atoms with E-state index in [2.05, 4.69) is 86.0 Å². The van der Waals surface area contributed by atoms with Crippen molar-refractivity contribution >= 4 is 11.4 Å². The Labute approximate surface area is 272 Å². The summed E-state index contributed by atoms with van der Waals surface area (Å²) in [6.07, 6.45) is 0. The van der Waals surface area contributed by atoms with Gasteiger partial charge in [0.2, 0.25) is 5.89 Å². The fraction of sp³-hybridized carbons (Fsp3) is 0.195. The van der Waals surface area contributed by atoms with Crippen LogP contribution in [-0.2, 0) is 0 Å². The third-order valence-corrected chi connectivity index (χ3v) is 8.68. The van der Waals surface area contributed by atoms with Crippen molar-refractivity contribution < 1.29 is 9.52 Å². The molecule has 6 rings (SSSR count). The molecule has 1 aromatic heterocycles. The van der Waals surface area contributed by atoms with Gasteiger partial charge in [-0.2, -0.15) is 0 Å². The molecule has 0 aliphatic heterocycles. The lowest BCUT2D eigenvalue weighted by Gasteiger charge is -2.21. The second kappa shape index (κ2) is 13.8. The van der Waals surface area contributed by atoms with Crippen molar-refractivity contribution in [3.05, 3.63) is 121 Å². The third-order valence-electron chi connectivity index (χ3n) is 8.68. The molecule has 0 saturated carbocycles. The molecule has 5 heteroatoms. The van der Waals surface area contributed by atoms with Crippen LogP contribution in [0.3, 0.4) is 0 Å². The van der Waals surface area contributed by atoms with E-state index in [1.165, 1.54) is 11.4 Å². The molecule has 5 nitrogen and oxygen atoms in total. The number of aromatic hydroxyl groups is 1. The number of hydrogen-bond donors (Lipinski definition) is 1. The lowest BCUT2D eigenvalue weighted by molar-refractivity contribution is 0.479. The molecule has 0 amide bonds. The van der Waals surface area contributed by atoms with Crippen LogP contribution in [0, 0.1) is 0 Å². The maximum absolute atomic E-state index is 11.5. The van der Waals surface area contributed by atoms with Gasteiger partial charge < -0.3 is 19.3 Å². The van der Waals surface area contributed by atoms with Gasteiger partial charge in [0.25, 0.3) is 0 Å². The van der Waals surface area contributed by atoms with Crippen LogP contribution in [0.2, 0.25) is 0 Å². The van der Waals surface area contributed by atoms with Crippen LogP contribution in [0.5, 0.6) is 5.75 Å². The van der Waals surface area contributed by atoms with E-state index >= 15 is 0 Å². The van der Waals surface area contributed by atoms with Crippen LogP contribution in [0.1, 0.15) is 27.7 Å². The van der Waals surface area contributed by atoms with E-state index in [0.29, 0.717) is 11.7 Å². The topological polar surface area (TPSA) is 52.7 Å². The SMILES string of the molecule is CCN(CC)c1ccc(-c2nc(-c3cc(-c4ccccc4)c(O)c(-c4ccccc4)c3)oc2-c2ccc(N(CC)CC)cc2)cc1. The Bertz CT molecular complexity index is 1740. The van der Waals surface area contributed by atoms with Crippen molar-refractivity contribution in [3.63, 3.8) is 0 Å². The molecule has 0 atom stereocenters. The summed E-state index contributed by atoms with van der Waals surface area (Å²) in [7, 11) is 0. The van der Waals surface area contributed by atoms with Gasteiger partial charge in [0.15, 0.2) is 5.76 Å². The molecule has 46 heavy (non-hydrogen) atoms. The van der Waals surface area contributed by atoms with Crippen LogP contribution in [0.15, 0.2) is 126 Å². The Kier molecular flexibility index (Phi) is 9.20. The second-order valence-electron chi connectivity index (χ2n) is 11.3. The standard InChI is InChI=1S/C41H41N3O2/c1-5-43(6-2)34-23-19-31(20-24-34)38-40(32-21-25-35(26-22-32)44(7-3)8-4)46-41(42-38)33-27-36(29-15-11-9-12-16-29)39(45)37(28-33)30-17-13-10-14-18-30/h9-28,45H,5-8H2,1-4H3. The Morgan fingerprint density at radius 2 is 0.957 bits per heavy atom. The molecule has 0 radical (unpaired) electrons. The monoisotopic (exact) mass is 607 g/mol. The van der Waals surface area contributed by atoms with Gasteiger partial charge in [-0.05, 0) is 87.4 Å². The number of nitrogens with zero attached hydrogens (tertiary/aromatic N) is 3. The zero-order valence-corrected chi connectivity index (χ0v) is 27.1. The van der Waals surface area contributed by atoms with Gasteiger partial charge in [0, 0.05) is 65.4 Å². The minimum atomic E-state index is 0.229. The molecular formula is C41H41N3O2. The zero-order chi connectivity index (χ0) is 32.0. The number of rotatable bonds is 11. The average Bonchev–Trinajstić information content (AvgIpc) is 3.56. The fourth-order valence-corrected chi connectivity index (χ4v) is 6.10. The molecule has 232 valence electrons. The maximum Gasteiger partial charge on any atom is 0.227 e. The van der Waals surface area contributed by atoms with Crippen molar-refractivity contribution in [1.82, 2.24) is 4.98 Å². The largest absolute Gasteiger partial charge is 0.507 e. The molecule has 0 spiro atoms. The smallest absolute Gasteiger partial charge is 0.227 e. The van der Waals surface area contributed by atoms with E-state index < -0.39 is 0 Å². The molecule has 0 bridgehead atoms. The van der Waals surface area contributed by atoms with Crippen molar-refractivity contribution in [1.29, 1.82) is 0 Å². The molecule has 0 aliphatic rings. The van der Waals surface area contributed by atoms with E-state index in [9.17, 15) is 5.11 Å². The summed E-state index contributed by atoms with van der Waals surface area (Å²) < 4.78 is 6.72. The van der Waals surface area contributed by atoms with Gasteiger partial charge in [0.1, 0.15) is 11.4 Å². The van der Waals surface area contributed by atoms with E-state index in [4.69, 9.17) is 9.40 Å². The lowest BCUT2D eigenvalue weighted by Crippen LogP contribution is -2.21. The fourth-order valence-electron chi connectivity index (χ4n) is 6.10. The zero-order valence-electron chi connectivity index (χ0n) is 27.1. The highest BCUT2D eigenvalue weighted by atomic mass is 16.4. The second-order valence-corrected chi connectivity index (χ2v) is 11.3. The van der Waals surface area contributed by atoms with Gasteiger partial charge in [0.05, 0.1) is 0 Å². The van der Waals surface area contributed by atoms with Crippen molar-refractivity contribution in [2.24, 2.45) is 0 Å². The molecule has 6 aromatic rings. The molecular weight excluding hydrogens is 566 g/mol. The molecule has 1 N–H and O–H groups in total. The van der Waals surface area contributed by atoms with E-state index in [0.717, 1.165) is 70.8 Å². The Hall–Kier alpha value is -5.29. The Balaban J connectivity index is 1.53. The summed E-state index contributed by atoms with van der Waals surface area (Å²) in [6.45, 7) is 12.5. The first kappa shape index (κ1) is 30.7. The summed E-state index contributed by atoms with van der Waals surface area (Å²) in [6, 6.07) is 41.0. The van der Waals surface area contributed by atoms with Gasteiger partial charge in [-0.3, -0.25) is 0 Å². The quantitative estimate of drug-likeness (QED) is 0.159. The first-order chi connectivity index (χ1) is 22.5. The van der Waals surface area contributed by atoms with Crippen LogP contribution in [0.25, 0.3) is 56.3 Å². The van der Waals surface area contributed by atoms with Crippen molar-refractivity contribution in [3.8, 4) is 62.0 Å². The van der Waals surface area contributed by atoms with Crippen LogP contribution >= 0.6 is 0 Å². The molecule has 0 saturated heterocycles. The molecule has 5 aromatic carbocycles. The summed E-state index contributed by atoms with van der Waals surface area (Å²) >= 11 is 0. The van der Waals surface area contributed by atoms with Gasteiger partial charge in [-0.25, -0.2) is 4.98 Å². The van der Waals surface area contributed by atoms with Crippen LogP contribution < -0.4 is 9.80 Å². The summed E-state index contributed by atoms with van der Waals surface area (Å²) in [5.74, 6) is 1.44. The first-order valence-corrected chi connectivity index (χ1v) is 16.2. The normalized spacial score (nSPS) is 11.0. The van der Waals surface area contributed by atoms with Gasteiger partial charge in [-0.15, -0.1) is 0 Å². The number of phenolic OH excluding ortho intramolecular Hbond substituents is 1. The highest BCUT2D eigenvalue weighted by Gasteiger charge is 2.22. The number of phenols is 1. The number of anilines is 2. The average molecular weight is 608 g/mol. The van der Waals surface area contributed by atoms with Crippen LogP contribution in [-0.4, -0.2) is 36.3 Å². The van der Waals surface area contributed by atoms with E-state index in [1.807, 2.05) is 72.8 Å². The number of hydrogen-bond acceptors (Lipinski definition) is 5. The van der Waals surface area contributed by atoms with Crippen molar-refractivity contribution in [2.75, 3.05) is 36.0 Å².